The maximum absolute atomic E-state index is 6.10. The van der Waals surface area contributed by atoms with Crippen LogP contribution < -0.4 is 11.1 Å². The lowest BCUT2D eigenvalue weighted by molar-refractivity contribution is 0.375. The molecule has 1 atom stereocenters. The van der Waals surface area contributed by atoms with Gasteiger partial charge in [-0.05, 0) is 30.5 Å². The first-order chi connectivity index (χ1) is 7.49. The molecule has 0 aliphatic rings. The van der Waals surface area contributed by atoms with E-state index < -0.39 is 0 Å². The van der Waals surface area contributed by atoms with E-state index in [1.807, 2.05) is 18.2 Å². The number of nitrogens with one attached hydrogen (secondary N) is 1. The first-order valence-electron chi connectivity index (χ1n) is 6.00. The Bertz CT molecular complexity index is 287. The van der Waals surface area contributed by atoms with Gasteiger partial charge >= 0.3 is 0 Å². The van der Waals surface area contributed by atoms with Crippen molar-refractivity contribution in [1.82, 2.24) is 5.32 Å². The number of rotatable bonds is 5. The van der Waals surface area contributed by atoms with Crippen LogP contribution in [-0.4, -0.2) is 13.1 Å². The van der Waals surface area contributed by atoms with Crippen LogP contribution in [0.4, 0.5) is 0 Å². The van der Waals surface area contributed by atoms with E-state index in [1.54, 1.807) is 0 Å². The highest BCUT2D eigenvalue weighted by molar-refractivity contribution is 5.18. The summed E-state index contributed by atoms with van der Waals surface area (Å²) in [4.78, 5) is 0. The fraction of sp³-hybridized carbons (Fsp3) is 0.571. The second-order valence-corrected chi connectivity index (χ2v) is 5.54. The highest BCUT2D eigenvalue weighted by Crippen LogP contribution is 2.13. The van der Waals surface area contributed by atoms with E-state index in [2.05, 4.69) is 38.2 Å². The molecule has 1 rings (SSSR count). The number of nitrogens with two attached hydrogens (primary N) is 1. The molecule has 0 bridgehead atoms. The molecule has 1 unspecified atom stereocenters. The SMILES string of the molecule is CC(C)(C)CNCCC(N)c1ccccc1. The van der Waals surface area contributed by atoms with Gasteiger partial charge in [-0.2, -0.15) is 0 Å². The average molecular weight is 220 g/mol. The van der Waals surface area contributed by atoms with Crippen LogP contribution in [0.5, 0.6) is 0 Å². The number of hydrogen-bond acceptors (Lipinski definition) is 2. The molecule has 0 radical (unpaired) electrons. The second kappa shape index (κ2) is 6.02. The molecule has 0 aliphatic carbocycles. The maximum Gasteiger partial charge on any atom is 0.0306 e. The normalized spacial score (nSPS) is 13.8. The molecule has 3 N–H and O–H groups in total. The third-order valence-electron chi connectivity index (χ3n) is 2.52. The van der Waals surface area contributed by atoms with Gasteiger partial charge in [-0.25, -0.2) is 0 Å². The first kappa shape index (κ1) is 13.2. The lowest BCUT2D eigenvalue weighted by atomic mass is 9.97. The summed E-state index contributed by atoms with van der Waals surface area (Å²) in [7, 11) is 0. The summed E-state index contributed by atoms with van der Waals surface area (Å²) in [6.07, 6.45) is 0.986. The monoisotopic (exact) mass is 220 g/mol. The van der Waals surface area contributed by atoms with Gasteiger partial charge in [0.25, 0.3) is 0 Å². The van der Waals surface area contributed by atoms with Crippen LogP contribution in [0, 0.1) is 5.41 Å². The standard InChI is InChI=1S/C14H24N2/c1-14(2,3)11-16-10-9-13(15)12-7-5-4-6-8-12/h4-8,13,16H,9-11,15H2,1-3H3. The van der Waals surface area contributed by atoms with Gasteiger partial charge in [-0.3, -0.25) is 0 Å². The van der Waals surface area contributed by atoms with Crippen LogP contribution in [0.15, 0.2) is 30.3 Å². The van der Waals surface area contributed by atoms with Crippen molar-refractivity contribution in [2.24, 2.45) is 11.1 Å². The highest BCUT2D eigenvalue weighted by atomic mass is 14.9. The Morgan fingerprint density at radius 2 is 1.81 bits per heavy atom. The summed E-state index contributed by atoms with van der Waals surface area (Å²) in [5.41, 5.74) is 7.67. The zero-order valence-corrected chi connectivity index (χ0v) is 10.7. The molecule has 1 aromatic carbocycles. The Hall–Kier alpha value is -0.860. The fourth-order valence-corrected chi connectivity index (χ4v) is 1.59. The van der Waals surface area contributed by atoms with E-state index in [0.29, 0.717) is 5.41 Å². The summed E-state index contributed by atoms with van der Waals surface area (Å²) < 4.78 is 0. The van der Waals surface area contributed by atoms with Crippen molar-refractivity contribution in [3.8, 4) is 0 Å². The molecule has 0 saturated carbocycles. The van der Waals surface area contributed by atoms with Crippen LogP contribution in [0.25, 0.3) is 0 Å². The molecule has 16 heavy (non-hydrogen) atoms. The third kappa shape index (κ3) is 5.29. The molecule has 2 nitrogen and oxygen atoms in total. The summed E-state index contributed by atoms with van der Waals surface area (Å²) in [6, 6.07) is 10.4. The Kier molecular flexibility index (Phi) is 4.97. The Morgan fingerprint density at radius 1 is 1.19 bits per heavy atom. The van der Waals surface area contributed by atoms with E-state index in [-0.39, 0.29) is 6.04 Å². The van der Waals surface area contributed by atoms with Gasteiger partial charge in [0, 0.05) is 6.04 Å². The predicted molar refractivity (Wildman–Crippen MR) is 70.3 cm³/mol. The molecule has 1 aromatic rings. The lowest BCUT2D eigenvalue weighted by Gasteiger charge is -2.19. The van der Waals surface area contributed by atoms with Crippen molar-refractivity contribution in [3.63, 3.8) is 0 Å². The van der Waals surface area contributed by atoms with Gasteiger partial charge in [-0.1, -0.05) is 51.1 Å². The zero-order chi connectivity index (χ0) is 12.0. The van der Waals surface area contributed by atoms with Gasteiger partial charge < -0.3 is 11.1 Å². The van der Waals surface area contributed by atoms with E-state index in [4.69, 9.17) is 5.73 Å². The fourth-order valence-electron chi connectivity index (χ4n) is 1.59. The smallest absolute Gasteiger partial charge is 0.0306 e. The van der Waals surface area contributed by atoms with Gasteiger partial charge in [0.1, 0.15) is 0 Å². The maximum atomic E-state index is 6.10. The van der Waals surface area contributed by atoms with Gasteiger partial charge in [0.05, 0.1) is 0 Å². The average Bonchev–Trinajstić information content (AvgIpc) is 2.24. The van der Waals surface area contributed by atoms with Crippen LogP contribution >= 0.6 is 0 Å². The molecule has 2 heteroatoms. The minimum atomic E-state index is 0.147. The summed E-state index contributed by atoms with van der Waals surface area (Å²) >= 11 is 0. The molecule has 0 spiro atoms. The quantitative estimate of drug-likeness (QED) is 0.749. The van der Waals surface area contributed by atoms with Crippen LogP contribution in [0.3, 0.4) is 0 Å². The number of hydrogen-bond donors (Lipinski definition) is 2. The van der Waals surface area contributed by atoms with Crippen molar-refractivity contribution in [1.29, 1.82) is 0 Å². The summed E-state index contributed by atoms with van der Waals surface area (Å²) in [5.74, 6) is 0. The lowest BCUT2D eigenvalue weighted by Crippen LogP contribution is -2.29. The van der Waals surface area contributed by atoms with Crippen molar-refractivity contribution in [2.45, 2.75) is 33.2 Å². The highest BCUT2D eigenvalue weighted by Gasteiger charge is 2.09. The molecule has 0 saturated heterocycles. The molecule has 90 valence electrons. The molecule has 0 aromatic heterocycles. The minimum absolute atomic E-state index is 0.147. The van der Waals surface area contributed by atoms with Crippen LogP contribution in [0.1, 0.15) is 38.8 Å². The largest absolute Gasteiger partial charge is 0.324 e. The number of benzene rings is 1. The van der Waals surface area contributed by atoms with Crippen molar-refractivity contribution in [3.05, 3.63) is 35.9 Å². The molecular formula is C14H24N2. The molecule has 0 amide bonds. The van der Waals surface area contributed by atoms with E-state index in [1.165, 1.54) is 5.56 Å². The summed E-state index contributed by atoms with van der Waals surface area (Å²) in [5, 5.41) is 3.45. The van der Waals surface area contributed by atoms with Gasteiger partial charge in [-0.15, -0.1) is 0 Å². The zero-order valence-electron chi connectivity index (χ0n) is 10.7. The van der Waals surface area contributed by atoms with Gasteiger partial charge in [0.2, 0.25) is 0 Å². The minimum Gasteiger partial charge on any atom is -0.324 e. The Balaban J connectivity index is 2.24. The molecule has 0 aliphatic heterocycles. The Morgan fingerprint density at radius 3 is 2.38 bits per heavy atom. The van der Waals surface area contributed by atoms with Gasteiger partial charge in [0.15, 0.2) is 0 Å². The molecule has 0 heterocycles. The van der Waals surface area contributed by atoms with Crippen LogP contribution in [0.2, 0.25) is 0 Å². The molecule has 0 fully saturated rings. The van der Waals surface area contributed by atoms with E-state index in [9.17, 15) is 0 Å². The Labute approximate surface area is 99.2 Å². The van der Waals surface area contributed by atoms with Crippen LogP contribution in [-0.2, 0) is 0 Å². The van der Waals surface area contributed by atoms with Crippen molar-refractivity contribution >= 4 is 0 Å². The second-order valence-electron chi connectivity index (χ2n) is 5.54. The predicted octanol–water partition coefficient (Wildman–Crippen LogP) is 2.71. The summed E-state index contributed by atoms with van der Waals surface area (Å²) in [6.45, 7) is 8.72. The topological polar surface area (TPSA) is 38.0 Å². The first-order valence-corrected chi connectivity index (χ1v) is 6.00. The van der Waals surface area contributed by atoms with E-state index in [0.717, 1.165) is 19.5 Å². The van der Waals surface area contributed by atoms with Crippen molar-refractivity contribution < 1.29 is 0 Å². The van der Waals surface area contributed by atoms with E-state index >= 15 is 0 Å². The van der Waals surface area contributed by atoms with Crippen molar-refractivity contribution in [2.75, 3.05) is 13.1 Å². The molecular weight excluding hydrogens is 196 g/mol. The third-order valence-corrected chi connectivity index (χ3v) is 2.52.